The Balaban J connectivity index is 1.25. The molecule has 3 aromatic rings. The van der Waals surface area contributed by atoms with Crippen LogP contribution in [0.15, 0.2) is 48.5 Å². The normalized spacial score (nSPS) is 20.6. The summed E-state index contributed by atoms with van der Waals surface area (Å²) in [6.45, 7) is 4.12. The number of nitrogens with zero attached hydrogens (tertiary/aromatic N) is 3. The second-order valence-corrected chi connectivity index (χ2v) is 8.78. The lowest BCUT2D eigenvalue weighted by molar-refractivity contribution is 0.0934. The fourth-order valence-corrected chi connectivity index (χ4v) is 5.19. The van der Waals surface area contributed by atoms with Crippen LogP contribution < -0.4 is 5.32 Å². The minimum absolute atomic E-state index is 0.0317. The van der Waals surface area contributed by atoms with Crippen LogP contribution in [0.1, 0.15) is 54.7 Å². The summed E-state index contributed by atoms with van der Waals surface area (Å²) in [7, 11) is 0. The van der Waals surface area contributed by atoms with Gasteiger partial charge in [0.2, 0.25) is 0 Å². The smallest absolute Gasteiger partial charge is 0.251 e. The van der Waals surface area contributed by atoms with Gasteiger partial charge in [0.1, 0.15) is 5.82 Å². The average Bonchev–Trinajstić information content (AvgIpc) is 3.38. The molecule has 2 fully saturated rings. The molecule has 156 valence electrons. The van der Waals surface area contributed by atoms with Crippen molar-refractivity contribution in [1.82, 2.24) is 19.8 Å². The van der Waals surface area contributed by atoms with Gasteiger partial charge in [-0.1, -0.05) is 31.4 Å². The van der Waals surface area contributed by atoms with Crippen LogP contribution in [-0.2, 0) is 0 Å². The number of aryl methyl sites for hydroxylation is 1. The van der Waals surface area contributed by atoms with Crippen molar-refractivity contribution in [3.05, 3.63) is 59.9 Å². The Bertz CT molecular complexity index is 1030. The van der Waals surface area contributed by atoms with Crippen molar-refractivity contribution in [3.8, 4) is 5.69 Å². The molecule has 1 aromatic heterocycles. The first-order valence-electron chi connectivity index (χ1n) is 11.3. The van der Waals surface area contributed by atoms with E-state index in [0.717, 1.165) is 53.7 Å². The van der Waals surface area contributed by atoms with Gasteiger partial charge in [-0.3, -0.25) is 14.3 Å². The van der Waals surface area contributed by atoms with E-state index in [0.29, 0.717) is 0 Å². The molecular weight excluding hydrogens is 372 g/mol. The quantitative estimate of drug-likeness (QED) is 0.700. The fraction of sp³-hybridized carbons (Fsp3) is 0.440. The molecule has 2 heterocycles. The zero-order valence-corrected chi connectivity index (χ0v) is 17.7. The van der Waals surface area contributed by atoms with E-state index in [-0.39, 0.29) is 11.9 Å². The van der Waals surface area contributed by atoms with Crippen LogP contribution >= 0.6 is 0 Å². The summed E-state index contributed by atoms with van der Waals surface area (Å²) in [5.41, 5.74) is 3.82. The molecular formula is C25H30N4O. The highest BCUT2D eigenvalue weighted by Gasteiger charge is 2.29. The molecule has 1 unspecified atom stereocenters. The largest absolute Gasteiger partial charge is 0.348 e. The summed E-state index contributed by atoms with van der Waals surface area (Å²) >= 11 is 0. The zero-order chi connectivity index (χ0) is 20.5. The Labute approximate surface area is 178 Å². The summed E-state index contributed by atoms with van der Waals surface area (Å²) in [5.74, 6) is 0.978. The van der Waals surface area contributed by atoms with Crippen LogP contribution in [0.5, 0.6) is 0 Å². The molecule has 1 aliphatic carbocycles. The number of carbonyl (C=O) groups excluding carboxylic acids is 1. The molecule has 5 heteroatoms. The molecule has 1 saturated heterocycles. The number of carbonyl (C=O) groups is 1. The van der Waals surface area contributed by atoms with Gasteiger partial charge >= 0.3 is 0 Å². The van der Waals surface area contributed by atoms with Crippen LogP contribution in [0.3, 0.4) is 0 Å². The van der Waals surface area contributed by atoms with E-state index in [2.05, 4.69) is 25.8 Å². The van der Waals surface area contributed by atoms with E-state index in [4.69, 9.17) is 0 Å². The lowest BCUT2D eigenvalue weighted by Gasteiger charge is -2.31. The fourth-order valence-electron chi connectivity index (χ4n) is 5.19. The first kappa shape index (κ1) is 19.3. The Kier molecular flexibility index (Phi) is 5.30. The molecule has 30 heavy (non-hydrogen) atoms. The number of fused-ring (bicyclic) bond motifs is 1. The van der Waals surface area contributed by atoms with E-state index in [9.17, 15) is 4.79 Å². The highest BCUT2D eigenvalue weighted by molar-refractivity contribution is 5.94. The second-order valence-electron chi connectivity index (χ2n) is 8.78. The van der Waals surface area contributed by atoms with Crippen molar-refractivity contribution in [2.24, 2.45) is 0 Å². The molecule has 0 radical (unpaired) electrons. The number of likely N-dealkylation sites (tertiary alicyclic amines) is 1. The minimum Gasteiger partial charge on any atom is -0.348 e. The number of para-hydroxylation sites is 2. The summed E-state index contributed by atoms with van der Waals surface area (Å²) in [4.78, 5) is 20.0. The monoisotopic (exact) mass is 402 g/mol. The maximum absolute atomic E-state index is 12.8. The molecule has 1 saturated carbocycles. The van der Waals surface area contributed by atoms with E-state index in [1.54, 1.807) is 0 Å². The van der Waals surface area contributed by atoms with Gasteiger partial charge in [-0.25, -0.2) is 4.98 Å². The van der Waals surface area contributed by atoms with Crippen molar-refractivity contribution in [2.75, 3.05) is 13.1 Å². The number of benzene rings is 2. The third-order valence-electron chi connectivity index (χ3n) is 6.76. The first-order valence-corrected chi connectivity index (χ1v) is 11.3. The van der Waals surface area contributed by atoms with Gasteiger partial charge in [-0.05, 0) is 62.6 Å². The molecule has 0 spiro atoms. The number of amides is 1. The van der Waals surface area contributed by atoms with Gasteiger partial charge in [0.15, 0.2) is 0 Å². The van der Waals surface area contributed by atoms with Crippen molar-refractivity contribution >= 4 is 16.9 Å². The standard InChI is InChI=1S/C25H30N4O/c1-18-26-23-9-5-6-10-24(23)29(18)22-13-11-19(12-14-22)25(30)27-20-15-16-28(17-20)21-7-3-2-4-8-21/h5-6,9-14,20-21H,2-4,7-8,15-17H2,1H3,(H,27,30). The molecule has 0 bridgehead atoms. The molecule has 1 N–H and O–H groups in total. The molecule has 1 amide bonds. The van der Waals surface area contributed by atoms with Gasteiger partial charge in [0, 0.05) is 36.4 Å². The third kappa shape index (κ3) is 3.74. The highest BCUT2D eigenvalue weighted by Crippen LogP contribution is 2.26. The SMILES string of the molecule is Cc1nc2ccccc2n1-c1ccc(C(=O)NC2CCN(C3CCCCC3)C2)cc1. The lowest BCUT2D eigenvalue weighted by atomic mass is 9.94. The van der Waals surface area contributed by atoms with Gasteiger partial charge in [0.05, 0.1) is 11.0 Å². The van der Waals surface area contributed by atoms with Gasteiger partial charge in [-0.2, -0.15) is 0 Å². The molecule has 5 nitrogen and oxygen atoms in total. The number of hydrogen-bond donors (Lipinski definition) is 1. The van der Waals surface area contributed by atoms with Gasteiger partial charge < -0.3 is 5.32 Å². The van der Waals surface area contributed by atoms with Crippen LogP contribution in [0.4, 0.5) is 0 Å². The average molecular weight is 403 g/mol. The molecule has 2 aliphatic rings. The summed E-state index contributed by atoms with van der Waals surface area (Å²) < 4.78 is 2.13. The number of hydrogen-bond acceptors (Lipinski definition) is 3. The maximum atomic E-state index is 12.8. The van der Waals surface area contributed by atoms with E-state index in [1.807, 2.05) is 49.4 Å². The number of rotatable bonds is 4. The van der Waals surface area contributed by atoms with Crippen molar-refractivity contribution in [1.29, 1.82) is 0 Å². The molecule has 1 aliphatic heterocycles. The Morgan fingerprint density at radius 3 is 2.57 bits per heavy atom. The molecule has 2 aromatic carbocycles. The van der Waals surface area contributed by atoms with Crippen LogP contribution in [0, 0.1) is 6.92 Å². The minimum atomic E-state index is 0.0317. The first-order chi connectivity index (χ1) is 14.7. The zero-order valence-electron chi connectivity index (χ0n) is 17.7. The Morgan fingerprint density at radius 2 is 1.77 bits per heavy atom. The number of aromatic nitrogens is 2. The summed E-state index contributed by atoms with van der Waals surface area (Å²) in [5, 5.41) is 3.26. The van der Waals surface area contributed by atoms with Crippen molar-refractivity contribution in [2.45, 2.75) is 57.5 Å². The Hall–Kier alpha value is -2.66. The second kappa shape index (κ2) is 8.23. The third-order valence-corrected chi connectivity index (χ3v) is 6.76. The van der Waals surface area contributed by atoms with Crippen LogP contribution in [0.2, 0.25) is 0 Å². The van der Waals surface area contributed by atoms with Crippen molar-refractivity contribution < 1.29 is 4.79 Å². The Morgan fingerprint density at radius 1 is 1.00 bits per heavy atom. The maximum Gasteiger partial charge on any atom is 0.251 e. The predicted octanol–water partition coefficient (Wildman–Crippen LogP) is 4.47. The topological polar surface area (TPSA) is 50.2 Å². The molecule has 5 rings (SSSR count). The van der Waals surface area contributed by atoms with Gasteiger partial charge in [-0.15, -0.1) is 0 Å². The van der Waals surface area contributed by atoms with Crippen molar-refractivity contribution in [3.63, 3.8) is 0 Å². The van der Waals surface area contributed by atoms with E-state index < -0.39 is 0 Å². The molecule has 1 atom stereocenters. The van der Waals surface area contributed by atoms with E-state index in [1.165, 1.54) is 32.1 Å². The highest BCUT2D eigenvalue weighted by atomic mass is 16.1. The predicted molar refractivity (Wildman–Crippen MR) is 120 cm³/mol. The van der Waals surface area contributed by atoms with E-state index >= 15 is 0 Å². The summed E-state index contributed by atoms with van der Waals surface area (Å²) in [6, 6.07) is 17.0. The van der Waals surface area contributed by atoms with Crippen LogP contribution in [0.25, 0.3) is 16.7 Å². The van der Waals surface area contributed by atoms with Gasteiger partial charge in [0.25, 0.3) is 5.91 Å². The summed E-state index contributed by atoms with van der Waals surface area (Å²) in [6.07, 6.45) is 7.80. The number of nitrogens with one attached hydrogen (secondary N) is 1. The van der Waals surface area contributed by atoms with Crippen LogP contribution in [-0.4, -0.2) is 45.5 Å². The lowest BCUT2D eigenvalue weighted by Crippen LogP contribution is -2.40. The number of imidazole rings is 1.